The van der Waals surface area contributed by atoms with Crippen LogP contribution < -0.4 is 0 Å². The second-order valence-electron chi connectivity index (χ2n) is 2.79. The molecule has 0 unspecified atom stereocenters. The molecule has 16 heavy (non-hydrogen) atoms. The molecular weight excluding hydrogens is 307 g/mol. The first-order valence-electron chi connectivity index (χ1n) is 4.12. The maximum Gasteiger partial charge on any atom is 0.338 e. The average Bonchev–Trinajstić information content (AvgIpc) is 2.27. The molecule has 0 saturated heterocycles. The summed E-state index contributed by atoms with van der Waals surface area (Å²) in [5, 5.41) is 0. The van der Waals surface area contributed by atoms with E-state index in [1.807, 2.05) is 0 Å². The molecule has 1 aromatic heterocycles. The van der Waals surface area contributed by atoms with Gasteiger partial charge in [-0.3, -0.25) is 0 Å². The second-order valence-corrected chi connectivity index (χ2v) is 3.81. The molecule has 1 heterocycles. The summed E-state index contributed by atoms with van der Waals surface area (Å²) in [7, 11) is 1.12. The van der Waals surface area contributed by atoms with Crippen molar-refractivity contribution < 1.29 is 18.3 Å². The van der Waals surface area contributed by atoms with E-state index in [2.05, 4.69) is 25.7 Å². The minimum Gasteiger partial charge on any atom is -0.465 e. The summed E-state index contributed by atoms with van der Waals surface area (Å²) in [6, 6.07) is 0. The van der Waals surface area contributed by atoms with E-state index < -0.39 is 18.0 Å². The number of methoxy groups -OCH3 is 1. The van der Waals surface area contributed by atoms with Crippen molar-refractivity contribution in [2.24, 2.45) is 0 Å². The van der Waals surface area contributed by atoms with Gasteiger partial charge in [0.05, 0.1) is 18.2 Å². The molecule has 0 aliphatic heterocycles. The van der Waals surface area contributed by atoms with Crippen molar-refractivity contribution in [3.8, 4) is 0 Å². The molecule has 0 saturated carbocycles. The highest BCUT2D eigenvalue weighted by atomic mass is 79.9. The van der Waals surface area contributed by atoms with E-state index in [1.165, 1.54) is 6.20 Å². The Labute approximate surface area is 104 Å². The molecule has 0 aliphatic carbocycles. The lowest BCUT2D eigenvalue weighted by Gasteiger charge is -2.11. The van der Waals surface area contributed by atoms with Gasteiger partial charge in [-0.15, -0.1) is 11.6 Å². The molecule has 1 rings (SSSR count). The fraction of sp³-hybridized carbons (Fsp3) is 0.333. The lowest BCUT2D eigenvalue weighted by Crippen LogP contribution is -2.11. The molecule has 0 aliphatic rings. The van der Waals surface area contributed by atoms with Crippen molar-refractivity contribution in [2.75, 3.05) is 7.11 Å². The van der Waals surface area contributed by atoms with E-state index >= 15 is 0 Å². The lowest BCUT2D eigenvalue weighted by atomic mass is 10.1. The molecule has 0 atom stereocenters. The number of carbonyl (C=O) groups is 1. The highest BCUT2D eigenvalue weighted by Crippen LogP contribution is 2.32. The number of aromatic nitrogens is 1. The Morgan fingerprint density at radius 2 is 2.31 bits per heavy atom. The van der Waals surface area contributed by atoms with E-state index in [0.717, 1.165) is 7.11 Å². The van der Waals surface area contributed by atoms with Crippen LogP contribution in [0.25, 0.3) is 0 Å². The molecule has 88 valence electrons. The van der Waals surface area contributed by atoms with Crippen LogP contribution in [0, 0.1) is 0 Å². The maximum absolute atomic E-state index is 12.8. The molecule has 1 aromatic rings. The number of nitrogens with zero attached hydrogens (tertiary/aromatic N) is 1. The minimum atomic E-state index is -2.83. The Bertz CT molecular complexity index is 415. The number of halogens is 4. The van der Waals surface area contributed by atoms with Crippen molar-refractivity contribution in [2.45, 2.75) is 12.3 Å². The van der Waals surface area contributed by atoms with Gasteiger partial charge >= 0.3 is 5.97 Å². The number of rotatable bonds is 3. The van der Waals surface area contributed by atoms with Gasteiger partial charge in [0, 0.05) is 17.6 Å². The third-order valence-electron chi connectivity index (χ3n) is 1.90. The summed E-state index contributed by atoms with van der Waals surface area (Å²) in [5.74, 6) is -0.946. The van der Waals surface area contributed by atoms with Gasteiger partial charge in [0.15, 0.2) is 0 Å². The predicted molar refractivity (Wildman–Crippen MR) is 57.8 cm³/mol. The van der Waals surface area contributed by atoms with Gasteiger partial charge < -0.3 is 4.74 Å². The number of pyridine rings is 1. The zero-order chi connectivity index (χ0) is 12.3. The topological polar surface area (TPSA) is 39.2 Å². The number of alkyl halides is 3. The Morgan fingerprint density at radius 1 is 1.69 bits per heavy atom. The van der Waals surface area contributed by atoms with Crippen LogP contribution in [-0.2, 0) is 10.6 Å². The largest absolute Gasteiger partial charge is 0.465 e. The van der Waals surface area contributed by atoms with Crippen molar-refractivity contribution in [1.82, 2.24) is 4.98 Å². The highest BCUT2D eigenvalue weighted by molar-refractivity contribution is 9.10. The zero-order valence-electron chi connectivity index (χ0n) is 8.14. The lowest BCUT2D eigenvalue weighted by molar-refractivity contribution is 0.0587. The maximum atomic E-state index is 12.8. The summed E-state index contributed by atoms with van der Waals surface area (Å²) in [5.41, 5.74) is -0.508. The van der Waals surface area contributed by atoms with Crippen LogP contribution in [0.3, 0.4) is 0 Å². The van der Waals surface area contributed by atoms with Crippen LogP contribution in [0.2, 0.25) is 0 Å². The smallest absolute Gasteiger partial charge is 0.338 e. The molecule has 0 radical (unpaired) electrons. The van der Waals surface area contributed by atoms with Crippen molar-refractivity contribution in [3.05, 3.63) is 27.5 Å². The van der Waals surface area contributed by atoms with Crippen molar-refractivity contribution in [1.29, 1.82) is 0 Å². The molecule has 3 nitrogen and oxygen atoms in total. The Morgan fingerprint density at radius 3 is 2.75 bits per heavy atom. The fourth-order valence-electron chi connectivity index (χ4n) is 1.19. The monoisotopic (exact) mass is 313 g/mol. The molecule has 0 fully saturated rings. The third-order valence-corrected chi connectivity index (χ3v) is 2.82. The van der Waals surface area contributed by atoms with Gasteiger partial charge in [-0.2, -0.15) is 0 Å². The van der Waals surface area contributed by atoms with Gasteiger partial charge in [-0.1, -0.05) is 0 Å². The van der Waals surface area contributed by atoms with E-state index in [0.29, 0.717) is 0 Å². The van der Waals surface area contributed by atoms with Gasteiger partial charge in [-0.25, -0.2) is 18.6 Å². The van der Waals surface area contributed by atoms with Gasteiger partial charge in [0.1, 0.15) is 4.60 Å². The van der Waals surface area contributed by atoms with Crippen molar-refractivity contribution >= 4 is 33.5 Å². The van der Waals surface area contributed by atoms with Gasteiger partial charge in [0.25, 0.3) is 6.43 Å². The second kappa shape index (κ2) is 5.54. The Kier molecular flexibility index (Phi) is 4.61. The summed E-state index contributed by atoms with van der Waals surface area (Å²) < 4.78 is 29.9. The summed E-state index contributed by atoms with van der Waals surface area (Å²) in [4.78, 5) is 15.1. The summed E-state index contributed by atoms with van der Waals surface area (Å²) in [6.07, 6.45) is -1.57. The fourth-order valence-corrected chi connectivity index (χ4v) is 1.86. The standard InChI is InChI=1S/C9H7BrClF2NO2/c1-16-9(15)5-4(2-11)3-14-7(10)6(5)8(12)13/h3,8H,2H2,1H3. The van der Waals surface area contributed by atoms with Gasteiger partial charge in [-0.05, 0) is 15.9 Å². The van der Waals surface area contributed by atoms with E-state index in [4.69, 9.17) is 11.6 Å². The number of ether oxygens (including phenoxy) is 1. The first-order valence-corrected chi connectivity index (χ1v) is 5.45. The Balaban J connectivity index is 3.48. The van der Waals surface area contributed by atoms with Crippen LogP contribution in [0.5, 0.6) is 0 Å². The number of esters is 1. The van der Waals surface area contributed by atoms with E-state index in [9.17, 15) is 13.6 Å². The minimum absolute atomic E-state index is 0.0863. The zero-order valence-corrected chi connectivity index (χ0v) is 10.5. The van der Waals surface area contributed by atoms with E-state index in [-0.39, 0.29) is 21.6 Å². The van der Waals surface area contributed by atoms with Crippen LogP contribution in [-0.4, -0.2) is 18.1 Å². The molecular formula is C9H7BrClF2NO2. The Hall–Kier alpha value is -0.750. The molecule has 0 N–H and O–H groups in total. The first kappa shape index (κ1) is 13.3. The van der Waals surface area contributed by atoms with Crippen LogP contribution in [0.4, 0.5) is 8.78 Å². The summed E-state index contributed by atoms with van der Waals surface area (Å²) >= 11 is 8.42. The molecule has 7 heteroatoms. The quantitative estimate of drug-likeness (QED) is 0.488. The predicted octanol–water partition coefficient (Wildman–Crippen LogP) is 3.31. The SMILES string of the molecule is COC(=O)c1c(CCl)cnc(Br)c1C(F)F. The summed E-state index contributed by atoms with van der Waals surface area (Å²) in [6.45, 7) is 0. The van der Waals surface area contributed by atoms with Crippen LogP contribution >= 0.6 is 27.5 Å². The first-order chi connectivity index (χ1) is 7.52. The van der Waals surface area contributed by atoms with Gasteiger partial charge in [0.2, 0.25) is 0 Å². The highest BCUT2D eigenvalue weighted by Gasteiger charge is 2.26. The number of hydrogen-bond acceptors (Lipinski definition) is 3. The molecule has 0 aromatic carbocycles. The van der Waals surface area contributed by atoms with Crippen LogP contribution in [0.15, 0.2) is 10.8 Å². The number of hydrogen-bond donors (Lipinski definition) is 0. The normalized spacial score (nSPS) is 10.6. The molecule has 0 spiro atoms. The van der Waals surface area contributed by atoms with Crippen molar-refractivity contribution in [3.63, 3.8) is 0 Å². The third kappa shape index (κ3) is 2.49. The molecule has 0 bridgehead atoms. The number of carbonyl (C=O) groups excluding carboxylic acids is 1. The average molecular weight is 315 g/mol. The molecule has 0 amide bonds. The van der Waals surface area contributed by atoms with Crippen LogP contribution in [0.1, 0.15) is 27.9 Å². The van der Waals surface area contributed by atoms with E-state index in [1.54, 1.807) is 0 Å².